The number of esters is 1. The summed E-state index contributed by atoms with van der Waals surface area (Å²) in [6.45, 7) is 4.24. The molecule has 0 aliphatic heterocycles. The summed E-state index contributed by atoms with van der Waals surface area (Å²) >= 11 is 1.36. The van der Waals surface area contributed by atoms with E-state index in [1.54, 1.807) is 0 Å². The van der Waals surface area contributed by atoms with E-state index in [-0.39, 0.29) is 18.1 Å². The van der Waals surface area contributed by atoms with Crippen LogP contribution in [0.3, 0.4) is 0 Å². The lowest BCUT2D eigenvalue weighted by Gasteiger charge is -2.07. The standard InChI is InChI=1S/C17H19NO4S/c1-11(2)16-18-14(10-22-12-7-5-4-6-8-12)15(23-16)13(9-19)17(20)21-3/h4-9,11,19H,10H2,1-3H3/b13-9-. The Morgan fingerprint density at radius 3 is 2.61 bits per heavy atom. The van der Waals surface area contributed by atoms with E-state index in [1.165, 1.54) is 18.4 Å². The highest BCUT2D eigenvalue weighted by Crippen LogP contribution is 2.31. The summed E-state index contributed by atoms with van der Waals surface area (Å²) < 4.78 is 10.4. The first-order valence-electron chi connectivity index (χ1n) is 7.17. The summed E-state index contributed by atoms with van der Waals surface area (Å²) in [6.07, 6.45) is 0.759. The van der Waals surface area contributed by atoms with Crippen molar-refractivity contribution in [2.75, 3.05) is 7.11 Å². The fraction of sp³-hybridized carbons (Fsp3) is 0.294. The van der Waals surface area contributed by atoms with Gasteiger partial charge in [0.1, 0.15) is 17.9 Å². The van der Waals surface area contributed by atoms with Crippen molar-refractivity contribution in [2.24, 2.45) is 0 Å². The van der Waals surface area contributed by atoms with Gasteiger partial charge in [0.05, 0.1) is 29.0 Å². The number of hydrogen-bond acceptors (Lipinski definition) is 6. The summed E-state index contributed by atoms with van der Waals surface area (Å²) in [4.78, 5) is 16.9. The second-order valence-corrected chi connectivity index (χ2v) is 6.15. The Kier molecular flexibility index (Phi) is 5.76. The van der Waals surface area contributed by atoms with Crippen LogP contribution in [0.15, 0.2) is 36.6 Å². The smallest absolute Gasteiger partial charge is 0.342 e. The third kappa shape index (κ3) is 4.10. The monoisotopic (exact) mass is 333 g/mol. The Balaban J connectivity index is 2.31. The van der Waals surface area contributed by atoms with Crippen LogP contribution in [0.2, 0.25) is 0 Å². The number of thiazole rings is 1. The van der Waals surface area contributed by atoms with Crippen molar-refractivity contribution in [3.8, 4) is 5.75 Å². The average Bonchev–Trinajstić information content (AvgIpc) is 2.98. The fourth-order valence-corrected chi connectivity index (χ4v) is 2.98. The molecule has 1 aromatic carbocycles. The predicted molar refractivity (Wildman–Crippen MR) is 89.6 cm³/mol. The maximum atomic E-state index is 11.8. The minimum atomic E-state index is -0.604. The molecule has 0 unspecified atom stereocenters. The first kappa shape index (κ1) is 17.0. The summed E-state index contributed by atoms with van der Waals surface area (Å²) in [6, 6.07) is 9.35. The van der Waals surface area contributed by atoms with Crippen LogP contribution in [0, 0.1) is 0 Å². The van der Waals surface area contributed by atoms with Crippen LogP contribution in [0.1, 0.15) is 35.3 Å². The molecule has 0 saturated heterocycles. The van der Waals surface area contributed by atoms with Gasteiger partial charge in [-0.05, 0) is 12.1 Å². The molecule has 0 spiro atoms. The summed E-state index contributed by atoms with van der Waals surface area (Å²) in [5.74, 6) is 0.319. The van der Waals surface area contributed by atoms with Crippen molar-refractivity contribution in [3.05, 3.63) is 52.2 Å². The fourth-order valence-electron chi connectivity index (χ4n) is 1.91. The predicted octanol–water partition coefficient (Wildman–Crippen LogP) is 3.92. The van der Waals surface area contributed by atoms with Crippen LogP contribution in [-0.2, 0) is 16.1 Å². The number of carbonyl (C=O) groups is 1. The number of aromatic nitrogens is 1. The minimum Gasteiger partial charge on any atom is -0.515 e. The van der Waals surface area contributed by atoms with E-state index >= 15 is 0 Å². The van der Waals surface area contributed by atoms with Crippen molar-refractivity contribution in [2.45, 2.75) is 26.4 Å². The van der Waals surface area contributed by atoms with Gasteiger partial charge in [-0.25, -0.2) is 9.78 Å². The molecule has 1 N–H and O–H groups in total. The Labute approximate surface area is 139 Å². The number of carbonyl (C=O) groups excluding carboxylic acids is 1. The molecule has 0 aliphatic rings. The molecule has 0 amide bonds. The molecule has 5 nitrogen and oxygen atoms in total. The number of benzene rings is 1. The summed E-state index contributed by atoms with van der Waals surface area (Å²) in [5.41, 5.74) is 0.691. The molecule has 0 fully saturated rings. The Bertz CT molecular complexity index is 692. The van der Waals surface area contributed by atoms with Gasteiger partial charge < -0.3 is 14.6 Å². The van der Waals surface area contributed by atoms with E-state index in [0.717, 1.165) is 11.3 Å². The molecular formula is C17H19NO4S. The number of methoxy groups -OCH3 is 1. The highest BCUT2D eigenvalue weighted by molar-refractivity contribution is 7.13. The maximum absolute atomic E-state index is 11.8. The SMILES string of the molecule is COC(=O)/C(=C\O)c1sc(C(C)C)nc1COc1ccccc1. The number of rotatable bonds is 6. The molecule has 6 heteroatoms. The molecule has 0 radical (unpaired) electrons. The molecular weight excluding hydrogens is 314 g/mol. The minimum absolute atomic E-state index is 0.0866. The van der Waals surface area contributed by atoms with Crippen molar-refractivity contribution in [1.29, 1.82) is 0 Å². The molecule has 23 heavy (non-hydrogen) atoms. The molecule has 0 saturated carbocycles. The zero-order valence-corrected chi connectivity index (χ0v) is 14.1. The van der Waals surface area contributed by atoms with Gasteiger partial charge in [-0.2, -0.15) is 0 Å². The highest BCUT2D eigenvalue weighted by atomic mass is 32.1. The lowest BCUT2D eigenvalue weighted by atomic mass is 10.2. The van der Waals surface area contributed by atoms with Crippen molar-refractivity contribution in [3.63, 3.8) is 0 Å². The van der Waals surface area contributed by atoms with Gasteiger partial charge in [-0.15, -0.1) is 11.3 Å². The first-order valence-corrected chi connectivity index (χ1v) is 7.99. The van der Waals surface area contributed by atoms with Gasteiger partial charge in [-0.3, -0.25) is 0 Å². The number of nitrogens with zero attached hydrogens (tertiary/aromatic N) is 1. The van der Waals surface area contributed by atoms with Gasteiger partial charge in [0, 0.05) is 5.92 Å². The van der Waals surface area contributed by atoms with E-state index in [4.69, 9.17) is 9.47 Å². The van der Waals surface area contributed by atoms with Crippen molar-refractivity contribution in [1.82, 2.24) is 4.98 Å². The van der Waals surface area contributed by atoms with Crippen LogP contribution >= 0.6 is 11.3 Å². The van der Waals surface area contributed by atoms with Gasteiger partial charge in [0.15, 0.2) is 0 Å². The second-order valence-electron chi connectivity index (χ2n) is 5.12. The van der Waals surface area contributed by atoms with Crippen LogP contribution in [0.4, 0.5) is 0 Å². The van der Waals surface area contributed by atoms with Crippen LogP contribution in [0.25, 0.3) is 5.57 Å². The number of ether oxygens (including phenoxy) is 2. The Hall–Kier alpha value is -2.34. The van der Waals surface area contributed by atoms with Gasteiger partial charge in [0.2, 0.25) is 0 Å². The number of para-hydroxylation sites is 1. The summed E-state index contributed by atoms with van der Waals surface area (Å²) in [5, 5.41) is 10.3. The lowest BCUT2D eigenvalue weighted by molar-refractivity contribution is -0.133. The molecule has 122 valence electrons. The first-order chi connectivity index (χ1) is 11.1. The van der Waals surface area contributed by atoms with E-state index in [2.05, 4.69) is 4.98 Å². The second kappa shape index (κ2) is 7.78. The van der Waals surface area contributed by atoms with E-state index in [9.17, 15) is 9.90 Å². The van der Waals surface area contributed by atoms with Gasteiger partial charge in [0.25, 0.3) is 0 Å². The van der Waals surface area contributed by atoms with Gasteiger partial charge >= 0.3 is 5.97 Å². The number of aliphatic hydroxyl groups is 1. The molecule has 1 aromatic heterocycles. The Morgan fingerprint density at radius 1 is 1.35 bits per heavy atom. The topological polar surface area (TPSA) is 68.7 Å². The third-order valence-electron chi connectivity index (χ3n) is 3.11. The van der Waals surface area contributed by atoms with Gasteiger partial charge in [-0.1, -0.05) is 32.0 Å². The Morgan fingerprint density at radius 2 is 2.04 bits per heavy atom. The number of hydrogen-bond donors (Lipinski definition) is 1. The molecule has 0 bridgehead atoms. The largest absolute Gasteiger partial charge is 0.515 e. The number of aliphatic hydroxyl groups excluding tert-OH is 1. The van der Waals surface area contributed by atoms with Crippen molar-refractivity contribution >= 4 is 22.9 Å². The van der Waals surface area contributed by atoms with E-state index < -0.39 is 5.97 Å². The zero-order valence-electron chi connectivity index (χ0n) is 13.3. The maximum Gasteiger partial charge on any atom is 0.342 e. The molecule has 2 rings (SSSR count). The third-order valence-corrected chi connectivity index (χ3v) is 4.54. The molecule has 2 aromatic rings. The highest BCUT2D eigenvalue weighted by Gasteiger charge is 2.22. The van der Waals surface area contributed by atoms with Crippen molar-refractivity contribution < 1.29 is 19.4 Å². The zero-order chi connectivity index (χ0) is 16.8. The molecule has 0 aliphatic carbocycles. The summed E-state index contributed by atoms with van der Waals surface area (Å²) in [7, 11) is 1.27. The molecule has 0 atom stereocenters. The van der Waals surface area contributed by atoms with Crippen LogP contribution in [-0.4, -0.2) is 23.2 Å². The van der Waals surface area contributed by atoms with E-state index in [1.807, 2.05) is 44.2 Å². The van der Waals surface area contributed by atoms with Crippen LogP contribution in [0.5, 0.6) is 5.75 Å². The normalized spacial score (nSPS) is 11.6. The quantitative estimate of drug-likeness (QED) is 0.493. The van der Waals surface area contributed by atoms with E-state index in [0.29, 0.717) is 16.3 Å². The van der Waals surface area contributed by atoms with Crippen LogP contribution < -0.4 is 4.74 Å². The molecule has 1 heterocycles. The average molecular weight is 333 g/mol. The lowest BCUT2D eigenvalue weighted by Crippen LogP contribution is -2.06.